The van der Waals surface area contributed by atoms with Gasteiger partial charge in [0.2, 0.25) is 6.79 Å². The number of fused-ring (bicyclic) bond motifs is 1. The Bertz CT molecular complexity index is 1430. The van der Waals surface area contributed by atoms with Crippen LogP contribution in [0, 0.1) is 0 Å². The molecule has 0 radical (unpaired) electrons. The summed E-state index contributed by atoms with van der Waals surface area (Å²) in [6.07, 6.45) is 0.00187. The Kier molecular flexibility index (Phi) is 6.85. The van der Waals surface area contributed by atoms with Crippen LogP contribution in [-0.2, 0) is 21.5 Å². The fourth-order valence-corrected chi connectivity index (χ4v) is 4.91. The van der Waals surface area contributed by atoms with Crippen LogP contribution in [0.25, 0.3) is 5.76 Å². The smallest absolute Gasteiger partial charge is 0.295 e. The number of aliphatic hydroxyl groups excluding tert-OH is 1. The largest absolute Gasteiger partial charge is 0.507 e. The number of ether oxygens (including phenoxy) is 3. The van der Waals surface area contributed by atoms with Crippen molar-refractivity contribution in [2.45, 2.75) is 58.7 Å². The van der Waals surface area contributed by atoms with E-state index in [1.54, 1.807) is 30.3 Å². The number of benzene rings is 3. The normalized spacial score (nSPS) is 18.2. The standard InChI is InChI=1S/C32H33NO6/c1-19(2)39-24-13-9-22(10-14-24)29(34)27-28(21-7-11-23(12-8-21)32(3,4)5)33(31(36)30(27)35)17-20-6-15-25-26(16-20)38-18-37-25/h6-16,19,28,34H,17-18H2,1-5H3/b29-27+. The number of hydrogen-bond donors (Lipinski definition) is 1. The van der Waals surface area contributed by atoms with E-state index >= 15 is 0 Å². The van der Waals surface area contributed by atoms with Crippen molar-refractivity contribution in [3.8, 4) is 17.2 Å². The fraction of sp³-hybridized carbons (Fsp3) is 0.312. The highest BCUT2D eigenvalue weighted by atomic mass is 16.7. The third-order valence-electron chi connectivity index (χ3n) is 6.92. The molecule has 1 amide bonds. The van der Waals surface area contributed by atoms with Crippen molar-refractivity contribution < 1.29 is 28.9 Å². The molecule has 1 saturated heterocycles. The summed E-state index contributed by atoms with van der Waals surface area (Å²) < 4.78 is 16.6. The van der Waals surface area contributed by atoms with Gasteiger partial charge in [-0.15, -0.1) is 0 Å². The molecule has 1 atom stereocenters. The summed E-state index contributed by atoms with van der Waals surface area (Å²) in [5.74, 6) is 0.278. The maximum atomic E-state index is 13.5. The highest BCUT2D eigenvalue weighted by Crippen LogP contribution is 2.42. The van der Waals surface area contributed by atoms with E-state index in [-0.39, 0.29) is 36.2 Å². The zero-order valence-corrected chi connectivity index (χ0v) is 22.9. The molecule has 1 N–H and O–H groups in total. The molecule has 0 saturated carbocycles. The quantitative estimate of drug-likeness (QED) is 0.236. The average Bonchev–Trinajstić information content (AvgIpc) is 3.46. The van der Waals surface area contributed by atoms with E-state index in [9.17, 15) is 14.7 Å². The second-order valence-corrected chi connectivity index (χ2v) is 11.2. The summed E-state index contributed by atoms with van der Waals surface area (Å²) in [5.41, 5.74) is 3.08. The zero-order chi connectivity index (χ0) is 27.9. The molecule has 2 aliphatic heterocycles. The van der Waals surface area contributed by atoms with E-state index in [0.29, 0.717) is 22.8 Å². The van der Waals surface area contributed by atoms with E-state index in [2.05, 4.69) is 20.8 Å². The number of carbonyl (C=O) groups is 2. The van der Waals surface area contributed by atoms with Crippen LogP contribution >= 0.6 is 0 Å². The van der Waals surface area contributed by atoms with Crippen LogP contribution < -0.4 is 14.2 Å². The first-order valence-corrected chi connectivity index (χ1v) is 13.1. The molecule has 2 heterocycles. The molecule has 1 unspecified atom stereocenters. The third kappa shape index (κ3) is 5.21. The van der Waals surface area contributed by atoms with E-state index in [1.165, 1.54) is 4.90 Å². The van der Waals surface area contributed by atoms with Crippen molar-refractivity contribution in [2.75, 3.05) is 6.79 Å². The minimum Gasteiger partial charge on any atom is -0.507 e. The number of nitrogens with zero attached hydrogens (tertiary/aromatic N) is 1. The van der Waals surface area contributed by atoms with Crippen LogP contribution in [0.3, 0.4) is 0 Å². The number of likely N-dealkylation sites (tertiary alicyclic amines) is 1. The lowest BCUT2D eigenvalue weighted by Crippen LogP contribution is -2.29. The molecule has 3 aromatic carbocycles. The predicted octanol–water partition coefficient (Wildman–Crippen LogP) is 6.12. The first-order valence-electron chi connectivity index (χ1n) is 13.1. The van der Waals surface area contributed by atoms with Crippen molar-refractivity contribution in [3.63, 3.8) is 0 Å². The van der Waals surface area contributed by atoms with Crippen LogP contribution in [0.1, 0.15) is 62.9 Å². The summed E-state index contributed by atoms with van der Waals surface area (Å²) in [5, 5.41) is 11.4. The molecule has 2 aliphatic rings. The van der Waals surface area contributed by atoms with Gasteiger partial charge in [-0.3, -0.25) is 9.59 Å². The van der Waals surface area contributed by atoms with Gasteiger partial charge in [-0.25, -0.2) is 0 Å². The van der Waals surface area contributed by atoms with E-state index in [4.69, 9.17) is 14.2 Å². The zero-order valence-electron chi connectivity index (χ0n) is 22.9. The Morgan fingerprint density at radius 2 is 1.64 bits per heavy atom. The SMILES string of the molecule is CC(C)Oc1ccc(/C(O)=C2\C(=O)C(=O)N(Cc3ccc4c(c3)OCO4)C2c2ccc(C(C)(C)C)cc2)cc1. The van der Waals surface area contributed by atoms with Crippen molar-refractivity contribution in [2.24, 2.45) is 0 Å². The summed E-state index contributed by atoms with van der Waals surface area (Å²) in [7, 11) is 0. The Labute approximate surface area is 228 Å². The van der Waals surface area contributed by atoms with Gasteiger partial charge in [0.1, 0.15) is 11.5 Å². The molecule has 0 aliphatic carbocycles. The number of rotatable bonds is 6. The fourth-order valence-electron chi connectivity index (χ4n) is 4.91. The second kappa shape index (κ2) is 10.1. The molecule has 1 fully saturated rings. The number of aliphatic hydroxyl groups is 1. The molecule has 3 aromatic rings. The lowest BCUT2D eigenvalue weighted by atomic mass is 9.85. The first-order chi connectivity index (χ1) is 18.5. The van der Waals surface area contributed by atoms with Gasteiger partial charge in [0, 0.05) is 12.1 Å². The van der Waals surface area contributed by atoms with Gasteiger partial charge in [-0.2, -0.15) is 0 Å². The van der Waals surface area contributed by atoms with Crippen molar-refractivity contribution in [1.29, 1.82) is 0 Å². The monoisotopic (exact) mass is 527 g/mol. The van der Waals surface area contributed by atoms with Crippen LogP contribution in [0.15, 0.2) is 72.3 Å². The Morgan fingerprint density at radius 3 is 2.28 bits per heavy atom. The Balaban J connectivity index is 1.58. The van der Waals surface area contributed by atoms with Crippen molar-refractivity contribution >= 4 is 17.4 Å². The molecule has 39 heavy (non-hydrogen) atoms. The van der Waals surface area contributed by atoms with Gasteiger partial charge < -0.3 is 24.2 Å². The molecular weight excluding hydrogens is 494 g/mol. The first kappa shape index (κ1) is 26.4. The number of amides is 1. The summed E-state index contributed by atoms with van der Waals surface area (Å²) in [6.45, 7) is 10.5. The van der Waals surface area contributed by atoms with Gasteiger partial charge in [0.15, 0.2) is 11.5 Å². The highest BCUT2D eigenvalue weighted by Gasteiger charge is 2.46. The molecule has 5 rings (SSSR count). The number of ketones is 1. The van der Waals surface area contributed by atoms with Crippen LogP contribution in [0.2, 0.25) is 0 Å². The van der Waals surface area contributed by atoms with Crippen LogP contribution in [-0.4, -0.2) is 34.6 Å². The summed E-state index contributed by atoms with van der Waals surface area (Å²) in [4.78, 5) is 28.4. The Hall–Kier alpha value is -4.26. The average molecular weight is 528 g/mol. The molecule has 0 spiro atoms. The van der Waals surface area contributed by atoms with E-state index in [0.717, 1.165) is 16.7 Å². The number of hydrogen-bond acceptors (Lipinski definition) is 6. The van der Waals surface area contributed by atoms with E-state index < -0.39 is 17.7 Å². The second-order valence-electron chi connectivity index (χ2n) is 11.2. The lowest BCUT2D eigenvalue weighted by Gasteiger charge is -2.26. The van der Waals surface area contributed by atoms with Gasteiger partial charge in [-0.1, -0.05) is 51.1 Å². The maximum Gasteiger partial charge on any atom is 0.295 e. The molecule has 0 bridgehead atoms. The number of carbonyl (C=O) groups excluding carboxylic acids is 2. The van der Waals surface area contributed by atoms with Gasteiger partial charge in [0.05, 0.1) is 17.7 Å². The molecule has 0 aromatic heterocycles. The molecule has 7 heteroatoms. The summed E-state index contributed by atoms with van der Waals surface area (Å²) in [6, 6.07) is 19.4. The minimum absolute atomic E-state index is 0.00187. The topological polar surface area (TPSA) is 85.3 Å². The highest BCUT2D eigenvalue weighted by molar-refractivity contribution is 6.46. The summed E-state index contributed by atoms with van der Waals surface area (Å²) >= 11 is 0. The molecular formula is C32H33NO6. The lowest BCUT2D eigenvalue weighted by molar-refractivity contribution is -0.140. The van der Waals surface area contributed by atoms with Crippen molar-refractivity contribution in [3.05, 3.63) is 94.6 Å². The van der Waals surface area contributed by atoms with Gasteiger partial charge in [-0.05, 0) is 72.4 Å². The van der Waals surface area contributed by atoms with Crippen LogP contribution in [0.4, 0.5) is 0 Å². The number of Topliss-reactive ketones (excluding diaryl/α,β-unsaturated/α-hetero) is 1. The Morgan fingerprint density at radius 1 is 0.974 bits per heavy atom. The van der Waals surface area contributed by atoms with Crippen molar-refractivity contribution in [1.82, 2.24) is 4.90 Å². The van der Waals surface area contributed by atoms with Crippen LogP contribution in [0.5, 0.6) is 17.2 Å². The maximum absolute atomic E-state index is 13.5. The molecule has 202 valence electrons. The molecule has 7 nitrogen and oxygen atoms in total. The third-order valence-corrected chi connectivity index (χ3v) is 6.92. The predicted molar refractivity (Wildman–Crippen MR) is 148 cm³/mol. The van der Waals surface area contributed by atoms with Gasteiger partial charge >= 0.3 is 0 Å². The van der Waals surface area contributed by atoms with E-state index in [1.807, 2.05) is 50.2 Å². The minimum atomic E-state index is -0.768. The van der Waals surface area contributed by atoms with Gasteiger partial charge in [0.25, 0.3) is 11.7 Å².